The highest BCUT2D eigenvalue weighted by atomic mass is 35.5. The molecule has 0 bridgehead atoms. The van der Waals surface area contributed by atoms with Gasteiger partial charge in [-0.1, -0.05) is 32.4 Å². The van der Waals surface area contributed by atoms with Crippen LogP contribution in [0.25, 0.3) is 17.0 Å². The molecule has 37 heavy (non-hydrogen) atoms. The second-order valence-electron chi connectivity index (χ2n) is 11.0. The molecule has 1 aliphatic rings. The number of sulfonamides is 1. The Labute approximate surface area is 229 Å². The van der Waals surface area contributed by atoms with E-state index in [9.17, 15) is 13.2 Å². The molecule has 3 aromatic heterocycles. The molecule has 1 atom stereocenters. The zero-order valence-electron chi connectivity index (χ0n) is 21.7. The molecule has 0 saturated carbocycles. The van der Waals surface area contributed by atoms with Crippen LogP contribution in [0.4, 0.5) is 0 Å². The van der Waals surface area contributed by atoms with E-state index in [-0.39, 0.29) is 24.0 Å². The van der Waals surface area contributed by atoms with Crippen molar-refractivity contribution < 1.29 is 17.6 Å². The van der Waals surface area contributed by atoms with E-state index in [0.717, 1.165) is 26.9 Å². The van der Waals surface area contributed by atoms with Crippen LogP contribution in [0.2, 0.25) is 9.37 Å². The normalized spacial score (nSPS) is 18.7. The van der Waals surface area contributed by atoms with E-state index in [4.69, 9.17) is 16.0 Å². The summed E-state index contributed by atoms with van der Waals surface area (Å²) in [6, 6.07) is 6.86. The maximum Gasteiger partial charge on any atom is 0.238 e. The number of aromatic nitrogens is 2. The van der Waals surface area contributed by atoms with Gasteiger partial charge in [-0.15, -0.1) is 11.3 Å². The third-order valence-electron chi connectivity index (χ3n) is 6.24. The number of thiophene rings is 1. The number of pyridine rings is 1. The zero-order valence-corrected chi connectivity index (χ0v) is 25.5. The lowest BCUT2D eigenvalue weighted by molar-refractivity contribution is -0.145. The second kappa shape index (κ2) is 10.6. The van der Waals surface area contributed by atoms with Crippen LogP contribution in [0.3, 0.4) is 0 Å². The van der Waals surface area contributed by atoms with Gasteiger partial charge in [0.1, 0.15) is 0 Å². The molecule has 0 aromatic carbocycles. The van der Waals surface area contributed by atoms with Crippen molar-refractivity contribution in [1.29, 1.82) is 0 Å². The van der Waals surface area contributed by atoms with Gasteiger partial charge in [-0.3, -0.25) is 9.78 Å². The third-order valence-corrected chi connectivity index (χ3v) is 10.7. The summed E-state index contributed by atoms with van der Waals surface area (Å²) >= 11 is 7.27. The molecule has 200 valence electrons. The molecule has 1 aliphatic heterocycles. The number of aromatic amines is 1. The van der Waals surface area contributed by atoms with Crippen LogP contribution >= 0.6 is 22.9 Å². The molecular formula is C25H33ClN4O4S2Si. The lowest BCUT2D eigenvalue weighted by Crippen LogP contribution is -2.64. The second-order valence-corrected chi connectivity index (χ2v) is 17.3. The number of carbonyl (C=O) groups is 1. The lowest BCUT2D eigenvalue weighted by Gasteiger charge is -2.48. The first-order valence-electron chi connectivity index (χ1n) is 12.0. The van der Waals surface area contributed by atoms with Gasteiger partial charge >= 0.3 is 0 Å². The molecule has 0 unspecified atom stereocenters. The number of carbonyl (C=O) groups excluding carboxylic acids is 1. The first-order valence-corrected chi connectivity index (χ1v) is 16.0. The highest BCUT2D eigenvalue weighted by Gasteiger charge is 2.45. The van der Waals surface area contributed by atoms with Crippen LogP contribution in [0.1, 0.15) is 45.2 Å². The standard InChI is InChI=1S/C25H33ClN4O4S2Si/c1-24(2,3)37-34-25(4,5)21-15-29(36(32,33)11-9-19-6-7-22(26)35-19)16-23(31)30(21)14-18-12-17-13-27-10-8-20(17)28-18/h6-13,21,28H,14-16,37H2,1-5H3/t21-/m1/s1. The largest absolute Gasteiger partial charge is 0.416 e. The van der Waals surface area contributed by atoms with Crippen molar-refractivity contribution in [2.45, 2.75) is 57.8 Å². The van der Waals surface area contributed by atoms with Crippen LogP contribution in [0.15, 0.2) is 42.1 Å². The predicted octanol–water partition coefficient (Wildman–Crippen LogP) is 4.39. The summed E-state index contributed by atoms with van der Waals surface area (Å²) in [5, 5.41) is 2.15. The fraction of sp³-hybridized carbons (Fsp3) is 0.440. The quantitative estimate of drug-likeness (QED) is 0.399. The van der Waals surface area contributed by atoms with Crippen molar-refractivity contribution in [3.63, 3.8) is 0 Å². The third kappa shape index (κ3) is 6.90. The van der Waals surface area contributed by atoms with Crippen molar-refractivity contribution >= 4 is 65.6 Å². The smallest absolute Gasteiger partial charge is 0.238 e. The minimum Gasteiger partial charge on any atom is -0.416 e. The Morgan fingerprint density at radius 3 is 2.68 bits per heavy atom. The summed E-state index contributed by atoms with van der Waals surface area (Å²) in [5.41, 5.74) is 1.04. The van der Waals surface area contributed by atoms with E-state index in [1.807, 2.05) is 26.0 Å². The van der Waals surface area contributed by atoms with Gasteiger partial charge in [0.15, 0.2) is 9.76 Å². The van der Waals surface area contributed by atoms with Crippen molar-refractivity contribution in [3.8, 4) is 0 Å². The zero-order chi connectivity index (χ0) is 27.0. The van der Waals surface area contributed by atoms with Gasteiger partial charge in [0.25, 0.3) is 0 Å². The molecule has 4 rings (SSSR count). The minimum absolute atomic E-state index is 0.0431. The first-order chi connectivity index (χ1) is 17.2. The fourth-order valence-corrected chi connectivity index (χ4v) is 7.39. The number of fused-ring (bicyclic) bond motifs is 1. The van der Waals surface area contributed by atoms with Crippen LogP contribution in [-0.2, 0) is 25.8 Å². The molecule has 3 aromatic rings. The van der Waals surface area contributed by atoms with E-state index in [2.05, 4.69) is 30.7 Å². The minimum atomic E-state index is -3.85. The maximum absolute atomic E-state index is 13.5. The van der Waals surface area contributed by atoms with E-state index in [1.54, 1.807) is 29.4 Å². The Kier molecular flexibility index (Phi) is 8.04. The van der Waals surface area contributed by atoms with Crippen molar-refractivity contribution in [1.82, 2.24) is 19.2 Å². The molecule has 0 radical (unpaired) electrons. The molecule has 0 spiro atoms. The molecule has 1 saturated heterocycles. The summed E-state index contributed by atoms with van der Waals surface area (Å²) in [6.45, 7) is 10.5. The molecule has 1 fully saturated rings. The average Bonchev–Trinajstić information content (AvgIpc) is 3.42. The Morgan fingerprint density at radius 2 is 2.03 bits per heavy atom. The van der Waals surface area contributed by atoms with Crippen LogP contribution in [-0.4, -0.2) is 68.0 Å². The number of piperazine rings is 1. The Morgan fingerprint density at radius 1 is 1.27 bits per heavy atom. The number of nitrogens with zero attached hydrogens (tertiary/aromatic N) is 3. The van der Waals surface area contributed by atoms with Crippen molar-refractivity contribution in [2.75, 3.05) is 13.1 Å². The average molecular weight is 581 g/mol. The number of nitrogens with one attached hydrogen (secondary N) is 1. The molecule has 1 N–H and O–H groups in total. The van der Waals surface area contributed by atoms with Crippen molar-refractivity contribution in [2.24, 2.45) is 0 Å². The van der Waals surface area contributed by atoms with Crippen LogP contribution < -0.4 is 0 Å². The van der Waals surface area contributed by atoms with Gasteiger partial charge in [-0.25, -0.2) is 8.42 Å². The maximum atomic E-state index is 13.5. The highest BCUT2D eigenvalue weighted by Crippen LogP contribution is 2.31. The molecular weight excluding hydrogens is 548 g/mol. The summed E-state index contributed by atoms with van der Waals surface area (Å²) in [5.74, 6) is -0.265. The van der Waals surface area contributed by atoms with Crippen molar-refractivity contribution in [3.05, 3.63) is 57.0 Å². The topological polar surface area (TPSA) is 95.6 Å². The molecule has 12 heteroatoms. The number of hydrogen-bond donors (Lipinski definition) is 1. The van der Waals surface area contributed by atoms with E-state index < -0.39 is 31.4 Å². The van der Waals surface area contributed by atoms with Gasteiger partial charge in [0.2, 0.25) is 15.9 Å². The van der Waals surface area contributed by atoms with E-state index in [1.165, 1.54) is 21.7 Å². The van der Waals surface area contributed by atoms with Gasteiger partial charge in [0, 0.05) is 45.8 Å². The Bertz CT molecular complexity index is 1380. The van der Waals surface area contributed by atoms with E-state index in [0.29, 0.717) is 10.9 Å². The Hall–Kier alpha value is -2.02. The summed E-state index contributed by atoms with van der Waals surface area (Å²) < 4.78 is 34.9. The summed E-state index contributed by atoms with van der Waals surface area (Å²) in [6.07, 6.45) is 5.00. The summed E-state index contributed by atoms with van der Waals surface area (Å²) in [4.78, 5) is 23.5. The molecule has 0 aliphatic carbocycles. The van der Waals surface area contributed by atoms with Gasteiger partial charge in [0.05, 0.1) is 29.1 Å². The van der Waals surface area contributed by atoms with Crippen LogP contribution in [0.5, 0.6) is 0 Å². The van der Waals surface area contributed by atoms with Gasteiger partial charge in [-0.05, 0) is 49.2 Å². The molecule has 4 heterocycles. The predicted molar refractivity (Wildman–Crippen MR) is 153 cm³/mol. The molecule has 8 nitrogen and oxygen atoms in total. The van der Waals surface area contributed by atoms with Gasteiger partial charge in [-0.2, -0.15) is 4.31 Å². The van der Waals surface area contributed by atoms with E-state index >= 15 is 0 Å². The van der Waals surface area contributed by atoms with Gasteiger partial charge < -0.3 is 14.3 Å². The first kappa shape index (κ1) is 28.0. The number of rotatable bonds is 8. The van der Waals surface area contributed by atoms with Crippen LogP contribution in [0, 0.1) is 0 Å². The monoisotopic (exact) mass is 580 g/mol. The number of amides is 1. The number of H-pyrrole nitrogens is 1. The Balaban J connectivity index is 1.62. The fourth-order valence-electron chi connectivity index (χ4n) is 4.22. The lowest BCUT2D eigenvalue weighted by atomic mass is 9.95. The summed E-state index contributed by atoms with van der Waals surface area (Å²) in [7, 11) is -4.82. The SMILES string of the molecule is CC(C)(C)[SiH2]OC(C)(C)[C@H]1CN(S(=O)(=O)C=Cc2ccc(Cl)s2)CC(=O)N1Cc1cc2cnccc2[nH]1. The number of hydrogen-bond acceptors (Lipinski definition) is 6. The molecule has 1 amide bonds. The highest BCUT2D eigenvalue weighted by molar-refractivity contribution is 7.92. The number of halogens is 1.